The van der Waals surface area contributed by atoms with Crippen molar-refractivity contribution in [3.05, 3.63) is 47.4 Å². The smallest absolute Gasteiger partial charge is 0.231 e. The molecule has 0 radical (unpaired) electrons. The minimum atomic E-state index is -0.181. The van der Waals surface area contributed by atoms with E-state index >= 15 is 0 Å². The highest BCUT2D eigenvalue weighted by atomic mass is 19.1. The van der Waals surface area contributed by atoms with E-state index in [2.05, 4.69) is 17.1 Å². The van der Waals surface area contributed by atoms with Gasteiger partial charge in [-0.05, 0) is 62.8 Å². The quantitative estimate of drug-likeness (QED) is 0.859. The summed E-state index contributed by atoms with van der Waals surface area (Å²) in [5.74, 6) is 2.52. The SMILES string of the molecule is CN1[C@@H]2CC[C@H]1[C@H](c1nc(C3CC3)no1)[C@H](c1ccc(F)cc1)C2. The average Bonchev–Trinajstić information content (AvgIpc) is 3.28. The van der Waals surface area contributed by atoms with Crippen LogP contribution in [0.4, 0.5) is 4.39 Å². The van der Waals surface area contributed by atoms with Crippen LogP contribution in [0.1, 0.15) is 67.1 Å². The van der Waals surface area contributed by atoms with Crippen molar-refractivity contribution >= 4 is 0 Å². The molecule has 2 bridgehead atoms. The number of benzene rings is 1. The first-order chi connectivity index (χ1) is 11.7. The number of likely N-dealkylation sites (N-methyl/N-ethyl adjacent to an activating group) is 1. The van der Waals surface area contributed by atoms with Gasteiger partial charge in [-0.25, -0.2) is 4.39 Å². The van der Waals surface area contributed by atoms with Crippen LogP contribution in [0, 0.1) is 5.82 Å². The molecule has 0 spiro atoms. The van der Waals surface area contributed by atoms with E-state index in [0.29, 0.717) is 23.9 Å². The summed E-state index contributed by atoms with van der Waals surface area (Å²) in [7, 11) is 2.22. The number of rotatable bonds is 3. The fourth-order valence-corrected chi connectivity index (χ4v) is 4.75. The van der Waals surface area contributed by atoms with Crippen molar-refractivity contribution in [1.82, 2.24) is 15.0 Å². The molecule has 2 saturated heterocycles. The third kappa shape index (κ3) is 2.29. The minimum Gasteiger partial charge on any atom is -0.339 e. The summed E-state index contributed by atoms with van der Waals surface area (Å²) in [6.45, 7) is 0. The molecule has 1 saturated carbocycles. The summed E-state index contributed by atoms with van der Waals surface area (Å²) in [5, 5.41) is 4.24. The van der Waals surface area contributed by atoms with Crippen LogP contribution in [0.2, 0.25) is 0 Å². The lowest BCUT2D eigenvalue weighted by Crippen LogP contribution is -2.44. The number of fused-ring (bicyclic) bond motifs is 2. The normalized spacial score (nSPS) is 33.1. The Morgan fingerprint density at radius 1 is 1.12 bits per heavy atom. The Morgan fingerprint density at radius 2 is 1.92 bits per heavy atom. The lowest BCUT2D eigenvalue weighted by molar-refractivity contribution is 0.120. The molecule has 5 heteroatoms. The number of halogens is 1. The fraction of sp³-hybridized carbons (Fsp3) is 0.579. The van der Waals surface area contributed by atoms with Crippen molar-refractivity contribution in [1.29, 1.82) is 0 Å². The van der Waals surface area contributed by atoms with Gasteiger partial charge in [0.05, 0.1) is 5.92 Å². The maximum atomic E-state index is 13.4. The van der Waals surface area contributed by atoms with Gasteiger partial charge in [-0.15, -0.1) is 0 Å². The Hall–Kier alpha value is -1.75. The first-order valence-corrected chi connectivity index (χ1v) is 9.01. The molecule has 0 N–H and O–H groups in total. The van der Waals surface area contributed by atoms with Gasteiger partial charge in [-0.1, -0.05) is 17.3 Å². The van der Waals surface area contributed by atoms with Crippen molar-refractivity contribution in [3.8, 4) is 0 Å². The lowest BCUT2D eigenvalue weighted by Gasteiger charge is -2.41. The molecule has 2 aromatic rings. The fourth-order valence-electron chi connectivity index (χ4n) is 4.75. The van der Waals surface area contributed by atoms with Gasteiger partial charge >= 0.3 is 0 Å². The van der Waals surface area contributed by atoms with Crippen molar-refractivity contribution in [3.63, 3.8) is 0 Å². The molecule has 1 aliphatic carbocycles. The number of hydrogen-bond acceptors (Lipinski definition) is 4. The van der Waals surface area contributed by atoms with Gasteiger partial charge in [0.25, 0.3) is 0 Å². The number of hydrogen-bond donors (Lipinski definition) is 0. The molecule has 0 unspecified atom stereocenters. The Balaban J connectivity index is 1.54. The maximum absolute atomic E-state index is 13.4. The predicted molar refractivity (Wildman–Crippen MR) is 87.3 cm³/mol. The molecule has 3 heterocycles. The van der Waals surface area contributed by atoms with Gasteiger partial charge in [0, 0.05) is 18.0 Å². The molecule has 1 aromatic heterocycles. The Morgan fingerprint density at radius 3 is 2.67 bits per heavy atom. The number of nitrogens with zero attached hydrogens (tertiary/aromatic N) is 3. The zero-order valence-corrected chi connectivity index (χ0v) is 13.9. The first-order valence-electron chi connectivity index (χ1n) is 9.01. The summed E-state index contributed by atoms with van der Waals surface area (Å²) >= 11 is 0. The van der Waals surface area contributed by atoms with Crippen LogP contribution in [0.3, 0.4) is 0 Å². The molecule has 0 amide bonds. The van der Waals surface area contributed by atoms with E-state index in [0.717, 1.165) is 18.1 Å². The largest absolute Gasteiger partial charge is 0.339 e. The third-order valence-electron chi connectivity index (χ3n) is 6.25. The zero-order chi connectivity index (χ0) is 16.3. The highest BCUT2D eigenvalue weighted by Gasteiger charge is 2.49. The van der Waals surface area contributed by atoms with Gasteiger partial charge in [0.2, 0.25) is 5.89 Å². The van der Waals surface area contributed by atoms with Crippen molar-refractivity contribution in [2.75, 3.05) is 7.05 Å². The van der Waals surface area contributed by atoms with E-state index < -0.39 is 0 Å². The second-order valence-corrected chi connectivity index (χ2v) is 7.65. The van der Waals surface area contributed by atoms with Crippen LogP contribution in [0.25, 0.3) is 0 Å². The van der Waals surface area contributed by atoms with Crippen LogP contribution in [-0.4, -0.2) is 34.2 Å². The highest BCUT2D eigenvalue weighted by molar-refractivity contribution is 5.28. The average molecular weight is 327 g/mol. The summed E-state index contributed by atoms with van der Waals surface area (Å²) in [6, 6.07) is 8.02. The van der Waals surface area contributed by atoms with Gasteiger partial charge in [0.1, 0.15) is 5.82 Å². The third-order valence-corrected chi connectivity index (χ3v) is 6.25. The molecule has 4 nitrogen and oxygen atoms in total. The summed E-state index contributed by atoms with van der Waals surface area (Å²) in [6.07, 6.45) is 5.82. The standard InChI is InChI=1S/C19H22FN3O/c1-23-14-8-9-16(23)17(19-21-18(22-24-19)12-2-3-12)15(10-14)11-4-6-13(20)7-5-11/h4-7,12,14-17H,2-3,8-10H2,1H3/t14-,15+,16+,17-/m1/s1. The second kappa shape index (κ2) is 5.38. The second-order valence-electron chi connectivity index (χ2n) is 7.65. The van der Waals surface area contributed by atoms with Gasteiger partial charge in [-0.3, -0.25) is 4.90 Å². The van der Waals surface area contributed by atoms with E-state index in [9.17, 15) is 4.39 Å². The van der Waals surface area contributed by atoms with E-state index in [4.69, 9.17) is 9.51 Å². The molecule has 2 aliphatic heterocycles. The summed E-state index contributed by atoms with van der Waals surface area (Å²) in [5.41, 5.74) is 1.19. The van der Waals surface area contributed by atoms with E-state index in [1.807, 2.05) is 12.1 Å². The van der Waals surface area contributed by atoms with Crippen LogP contribution in [0.5, 0.6) is 0 Å². The molecule has 1 aromatic carbocycles. The molecule has 126 valence electrons. The van der Waals surface area contributed by atoms with Gasteiger partial charge < -0.3 is 4.52 Å². The Kier molecular flexibility index (Phi) is 3.27. The molecular weight excluding hydrogens is 305 g/mol. The van der Waals surface area contributed by atoms with Crippen molar-refractivity contribution in [2.24, 2.45) is 0 Å². The Labute approximate surface area is 141 Å². The molecule has 3 aliphatic rings. The lowest BCUT2D eigenvalue weighted by atomic mass is 9.76. The zero-order valence-electron chi connectivity index (χ0n) is 13.9. The molecular formula is C19H22FN3O. The molecule has 24 heavy (non-hydrogen) atoms. The maximum Gasteiger partial charge on any atom is 0.231 e. The topological polar surface area (TPSA) is 42.2 Å². The highest BCUT2D eigenvalue weighted by Crippen LogP contribution is 2.51. The van der Waals surface area contributed by atoms with Crippen LogP contribution >= 0.6 is 0 Å². The van der Waals surface area contributed by atoms with E-state index in [1.165, 1.54) is 31.2 Å². The number of aromatic nitrogens is 2. The first kappa shape index (κ1) is 14.6. The molecule has 5 rings (SSSR count). The molecule has 3 fully saturated rings. The Bertz CT molecular complexity index is 739. The number of piperidine rings is 1. The van der Waals surface area contributed by atoms with Crippen LogP contribution < -0.4 is 0 Å². The summed E-state index contributed by atoms with van der Waals surface area (Å²) in [4.78, 5) is 7.25. The van der Waals surface area contributed by atoms with E-state index in [1.54, 1.807) is 12.1 Å². The minimum absolute atomic E-state index is 0.181. The van der Waals surface area contributed by atoms with Gasteiger partial charge in [-0.2, -0.15) is 4.98 Å². The van der Waals surface area contributed by atoms with E-state index in [-0.39, 0.29) is 11.7 Å². The van der Waals surface area contributed by atoms with Crippen LogP contribution in [-0.2, 0) is 0 Å². The van der Waals surface area contributed by atoms with Gasteiger partial charge in [0.15, 0.2) is 5.82 Å². The van der Waals surface area contributed by atoms with Crippen molar-refractivity contribution in [2.45, 2.75) is 61.9 Å². The predicted octanol–water partition coefficient (Wildman–Crippen LogP) is 3.82. The summed E-state index contributed by atoms with van der Waals surface area (Å²) < 4.78 is 19.1. The van der Waals surface area contributed by atoms with Crippen LogP contribution in [0.15, 0.2) is 28.8 Å². The molecule has 4 atom stereocenters. The monoisotopic (exact) mass is 327 g/mol. The van der Waals surface area contributed by atoms with Crippen molar-refractivity contribution < 1.29 is 8.91 Å².